The topological polar surface area (TPSA) is 88.0 Å². The molecule has 2 aromatic heterocycles. The van der Waals surface area contributed by atoms with Gasteiger partial charge in [0.2, 0.25) is 11.9 Å². The summed E-state index contributed by atoms with van der Waals surface area (Å²) in [7, 11) is 5.03. The van der Waals surface area contributed by atoms with Gasteiger partial charge in [0.1, 0.15) is 5.92 Å². The van der Waals surface area contributed by atoms with Crippen LogP contribution in [0.2, 0.25) is 6.82 Å². The fourth-order valence-electron chi connectivity index (χ4n) is 4.01. The van der Waals surface area contributed by atoms with E-state index in [1.54, 1.807) is 0 Å². The second-order valence-corrected chi connectivity index (χ2v) is 8.34. The maximum atomic E-state index is 13.0. The molecular formula is C22H30BN7O. The van der Waals surface area contributed by atoms with Crippen molar-refractivity contribution in [2.24, 2.45) is 0 Å². The number of fused-ring (bicyclic) bond motifs is 2. The third kappa shape index (κ3) is 4.41. The van der Waals surface area contributed by atoms with E-state index in [9.17, 15) is 4.79 Å². The number of aromatic nitrogens is 4. The van der Waals surface area contributed by atoms with Gasteiger partial charge in [-0.25, -0.2) is 4.98 Å². The van der Waals surface area contributed by atoms with Gasteiger partial charge in [-0.15, -0.1) is 0 Å². The van der Waals surface area contributed by atoms with Gasteiger partial charge in [-0.05, 0) is 45.1 Å². The van der Waals surface area contributed by atoms with Crippen LogP contribution in [0, 0.1) is 0 Å². The molecule has 0 spiro atoms. The second kappa shape index (κ2) is 9.05. The minimum absolute atomic E-state index is 0.0509. The number of nitrogens with one attached hydrogen (secondary N) is 2. The van der Waals surface area contributed by atoms with Gasteiger partial charge in [0.05, 0.1) is 11.1 Å². The fourth-order valence-corrected chi connectivity index (χ4v) is 4.01. The lowest BCUT2D eigenvalue weighted by atomic mass is 9.72. The van der Waals surface area contributed by atoms with Gasteiger partial charge in [0.15, 0.2) is 12.9 Å². The summed E-state index contributed by atoms with van der Waals surface area (Å²) in [6, 6.07) is 6.17. The molecule has 162 valence electrons. The van der Waals surface area contributed by atoms with Crippen molar-refractivity contribution in [3.8, 4) is 0 Å². The SMILES string of the molecule is CBc1ccc2c(c1)C(c1nc(NCCCN(C)C)nc3nn(CCC)cc13)C(=O)N2. The van der Waals surface area contributed by atoms with Gasteiger partial charge in [0.25, 0.3) is 0 Å². The lowest BCUT2D eigenvalue weighted by molar-refractivity contribution is -0.116. The number of anilines is 2. The van der Waals surface area contributed by atoms with Crippen LogP contribution >= 0.6 is 0 Å². The van der Waals surface area contributed by atoms with Crippen LogP contribution in [0.4, 0.5) is 11.6 Å². The van der Waals surface area contributed by atoms with E-state index >= 15 is 0 Å². The number of hydrogen-bond acceptors (Lipinski definition) is 6. The Balaban J connectivity index is 1.76. The first kappa shape index (κ1) is 21.3. The van der Waals surface area contributed by atoms with Crippen molar-refractivity contribution in [2.45, 2.75) is 39.1 Å². The Morgan fingerprint density at radius 1 is 1.29 bits per heavy atom. The van der Waals surface area contributed by atoms with E-state index in [0.717, 1.165) is 56.4 Å². The number of amides is 1. The Morgan fingerprint density at radius 3 is 2.87 bits per heavy atom. The van der Waals surface area contributed by atoms with Crippen molar-refractivity contribution in [1.29, 1.82) is 0 Å². The van der Waals surface area contributed by atoms with Crippen LogP contribution in [-0.4, -0.2) is 65.0 Å². The third-order valence-corrected chi connectivity index (χ3v) is 5.60. The highest BCUT2D eigenvalue weighted by Crippen LogP contribution is 2.38. The van der Waals surface area contributed by atoms with Crippen LogP contribution in [0.15, 0.2) is 24.4 Å². The molecule has 2 N–H and O–H groups in total. The number of carbonyl (C=O) groups is 1. The number of aryl methyl sites for hydroxylation is 1. The summed E-state index contributed by atoms with van der Waals surface area (Å²) in [5.74, 6) is 0.00885. The zero-order chi connectivity index (χ0) is 22.0. The average Bonchev–Trinajstić information content (AvgIpc) is 3.29. The van der Waals surface area contributed by atoms with Gasteiger partial charge in [-0.2, -0.15) is 10.1 Å². The molecule has 1 amide bonds. The van der Waals surface area contributed by atoms with E-state index in [0.29, 0.717) is 17.3 Å². The maximum Gasteiger partial charge on any atom is 0.238 e. The summed E-state index contributed by atoms with van der Waals surface area (Å²) in [5.41, 5.74) is 4.38. The Morgan fingerprint density at radius 2 is 2.13 bits per heavy atom. The van der Waals surface area contributed by atoms with Gasteiger partial charge >= 0.3 is 0 Å². The zero-order valence-electron chi connectivity index (χ0n) is 18.8. The summed E-state index contributed by atoms with van der Waals surface area (Å²) < 4.78 is 1.90. The number of nitrogens with zero attached hydrogens (tertiary/aromatic N) is 5. The predicted octanol–water partition coefficient (Wildman–Crippen LogP) is 1.79. The molecular weight excluding hydrogens is 389 g/mol. The van der Waals surface area contributed by atoms with Gasteiger partial charge < -0.3 is 15.5 Å². The van der Waals surface area contributed by atoms with Crippen LogP contribution < -0.4 is 16.1 Å². The summed E-state index contributed by atoms with van der Waals surface area (Å²) in [6.45, 7) is 6.77. The molecule has 0 saturated heterocycles. The van der Waals surface area contributed by atoms with E-state index in [4.69, 9.17) is 4.98 Å². The van der Waals surface area contributed by atoms with Crippen LogP contribution in [0.5, 0.6) is 0 Å². The highest BCUT2D eigenvalue weighted by molar-refractivity contribution is 6.52. The number of carbonyl (C=O) groups excluding carboxylic acids is 1. The molecule has 0 saturated carbocycles. The molecule has 1 aliphatic heterocycles. The van der Waals surface area contributed by atoms with Gasteiger partial charge in [-0.3, -0.25) is 9.48 Å². The van der Waals surface area contributed by atoms with Crippen LogP contribution in [0.1, 0.15) is 36.9 Å². The van der Waals surface area contributed by atoms with Crippen molar-refractivity contribution in [1.82, 2.24) is 24.6 Å². The molecule has 3 heterocycles. The van der Waals surface area contributed by atoms with Crippen LogP contribution in [0.3, 0.4) is 0 Å². The van der Waals surface area contributed by atoms with Crippen molar-refractivity contribution in [2.75, 3.05) is 37.8 Å². The molecule has 3 aromatic rings. The van der Waals surface area contributed by atoms with E-state index < -0.39 is 5.92 Å². The second-order valence-electron chi connectivity index (χ2n) is 8.34. The first-order valence-corrected chi connectivity index (χ1v) is 11.1. The molecule has 0 aliphatic carbocycles. The van der Waals surface area contributed by atoms with Crippen molar-refractivity contribution < 1.29 is 4.79 Å². The third-order valence-electron chi connectivity index (χ3n) is 5.60. The zero-order valence-corrected chi connectivity index (χ0v) is 18.8. The first-order chi connectivity index (χ1) is 15.0. The predicted molar refractivity (Wildman–Crippen MR) is 127 cm³/mol. The van der Waals surface area contributed by atoms with E-state index in [1.807, 2.05) is 16.9 Å². The first-order valence-electron chi connectivity index (χ1n) is 11.1. The monoisotopic (exact) mass is 419 g/mol. The number of benzene rings is 1. The molecule has 0 bridgehead atoms. The van der Waals surface area contributed by atoms with E-state index in [1.165, 1.54) is 5.46 Å². The molecule has 0 radical (unpaired) electrons. The normalized spacial score (nSPS) is 15.4. The molecule has 1 aromatic carbocycles. The van der Waals surface area contributed by atoms with Crippen molar-refractivity contribution >= 4 is 41.3 Å². The molecule has 4 rings (SSSR count). The highest BCUT2D eigenvalue weighted by atomic mass is 16.2. The molecule has 1 aliphatic rings. The van der Waals surface area contributed by atoms with Crippen LogP contribution in [0.25, 0.3) is 11.0 Å². The maximum absolute atomic E-state index is 13.0. The number of rotatable bonds is 9. The Labute approximate surface area is 183 Å². The summed E-state index contributed by atoms with van der Waals surface area (Å²) in [4.78, 5) is 24.6. The van der Waals surface area contributed by atoms with Gasteiger partial charge in [-0.1, -0.05) is 31.3 Å². The van der Waals surface area contributed by atoms with E-state index in [-0.39, 0.29) is 5.91 Å². The molecule has 1 unspecified atom stereocenters. The molecule has 31 heavy (non-hydrogen) atoms. The van der Waals surface area contributed by atoms with Crippen molar-refractivity contribution in [3.05, 3.63) is 35.7 Å². The lowest BCUT2D eigenvalue weighted by Crippen LogP contribution is -2.19. The Kier molecular flexibility index (Phi) is 6.22. The van der Waals surface area contributed by atoms with Gasteiger partial charge in [0, 0.05) is 25.0 Å². The van der Waals surface area contributed by atoms with E-state index in [2.05, 4.69) is 65.6 Å². The lowest BCUT2D eigenvalue weighted by Gasteiger charge is -2.13. The molecule has 8 nitrogen and oxygen atoms in total. The highest BCUT2D eigenvalue weighted by Gasteiger charge is 2.35. The molecule has 9 heteroatoms. The number of hydrogen-bond donors (Lipinski definition) is 2. The van der Waals surface area contributed by atoms with Crippen LogP contribution in [-0.2, 0) is 11.3 Å². The molecule has 1 atom stereocenters. The fraction of sp³-hybridized carbons (Fsp3) is 0.455. The van der Waals surface area contributed by atoms with Crippen molar-refractivity contribution in [3.63, 3.8) is 0 Å². The standard InChI is InChI=1S/C22H30BN7O/c1-5-10-30-13-16-19(18-15-12-14(23-2)7-8-17(15)25-21(18)31)26-22(27-20(16)28-30)24-9-6-11-29(3)4/h7-8,12-13,18,23H,5-6,9-11H2,1-4H3,(H,25,31)(H,24,27,28). The Bertz CT molecular complexity index is 1090. The summed E-state index contributed by atoms with van der Waals surface area (Å²) in [6.07, 6.45) is 3.92. The average molecular weight is 419 g/mol. The quantitative estimate of drug-likeness (QED) is 0.406. The summed E-state index contributed by atoms with van der Waals surface area (Å²) >= 11 is 0. The summed E-state index contributed by atoms with van der Waals surface area (Å²) in [5, 5.41) is 11.8. The minimum Gasteiger partial charge on any atom is -0.354 e. The Hall–Kier alpha value is -2.94. The minimum atomic E-state index is -0.464. The molecule has 0 fully saturated rings. The smallest absolute Gasteiger partial charge is 0.238 e. The largest absolute Gasteiger partial charge is 0.354 e.